The standard InChI is InChI=1S/C7H14N2O2/c1-6(10)11-7(8)2-4-9-5-3-7/h9H,2-5,8H2,1H3. The fourth-order valence-electron chi connectivity index (χ4n) is 1.24. The number of carbonyl (C=O) groups excluding carboxylic acids is 1. The van der Waals surface area contributed by atoms with Gasteiger partial charge in [-0.05, 0) is 0 Å². The Morgan fingerprint density at radius 2 is 2.09 bits per heavy atom. The van der Waals surface area contributed by atoms with Gasteiger partial charge in [0.2, 0.25) is 0 Å². The zero-order chi connectivity index (χ0) is 8.32. The van der Waals surface area contributed by atoms with Crippen LogP contribution in [0.3, 0.4) is 0 Å². The lowest BCUT2D eigenvalue weighted by Crippen LogP contribution is -2.51. The minimum atomic E-state index is -0.711. The molecule has 1 aliphatic rings. The van der Waals surface area contributed by atoms with E-state index in [4.69, 9.17) is 10.5 Å². The lowest BCUT2D eigenvalue weighted by molar-refractivity contribution is -0.159. The summed E-state index contributed by atoms with van der Waals surface area (Å²) in [6.45, 7) is 3.03. The molecule has 0 radical (unpaired) electrons. The van der Waals surface area contributed by atoms with Crippen LogP contribution in [0.25, 0.3) is 0 Å². The number of rotatable bonds is 1. The van der Waals surface area contributed by atoms with Crippen molar-refractivity contribution in [1.29, 1.82) is 0 Å². The Hall–Kier alpha value is -0.610. The van der Waals surface area contributed by atoms with Gasteiger partial charge in [-0.25, -0.2) is 0 Å². The molecule has 1 saturated heterocycles. The third-order valence-electron chi connectivity index (χ3n) is 1.80. The number of nitrogens with two attached hydrogens (primary N) is 1. The van der Waals surface area contributed by atoms with Crippen molar-refractivity contribution in [2.24, 2.45) is 5.73 Å². The Labute approximate surface area is 66.1 Å². The van der Waals surface area contributed by atoms with Crippen molar-refractivity contribution in [3.8, 4) is 0 Å². The lowest BCUT2D eigenvalue weighted by Gasteiger charge is -2.32. The Morgan fingerprint density at radius 1 is 1.55 bits per heavy atom. The zero-order valence-corrected chi connectivity index (χ0v) is 6.72. The Bertz CT molecular complexity index is 153. The van der Waals surface area contributed by atoms with Crippen molar-refractivity contribution in [1.82, 2.24) is 5.32 Å². The molecule has 0 aromatic rings. The maximum atomic E-state index is 10.6. The molecule has 0 aliphatic carbocycles. The summed E-state index contributed by atoms with van der Waals surface area (Å²) in [7, 11) is 0. The van der Waals surface area contributed by atoms with E-state index in [0.29, 0.717) is 12.8 Å². The molecule has 1 fully saturated rings. The van der Waals surface area contributed by atoms with Crippen molar-refractivity contribution in [2.45, 2.75) is 25.5 Å². The number of hydrogen-bond acceptors (Lipinski definition) is 4. The second kappa shape index (κ2) is 3.19. The second-order valence-electron chi connectivity index (χ2n) is 2.91. The normalized spacial score (nSPS) is 22.7. The second-order valence-corrected chi connectivity index (χ2v) is 2.91. The summed E-state index contributed by atoms with van der Waals surface area (Å²) in [6.07, 6.45) is 1.40. The number of hydrogen-bond donors (Lipinski definition) is 2. The molecular formula is C7H14N2O2. The van der Waals surface area contributed by atoms with Gasteiger partial charge in [0.15, 0.2) is 5.72 Å². The summed E-state index contributed by atoms with van der Waals surface area (Å²) in [5, 5.41) is 3.14. The molecule has 0 amide bonds. The smallest absolute Gasteiger partial charge is 0.304 e. The van der Waals surface area contributed by atoms with E-state index in [0.717, 1.165) is 13.1 Å². The number of esters is 1. The quantitative estimate of drug-likeness (QED) is 0.402. The van der Waals surface area contributed by atoms with Gasteiger partial charge in [-0.1, -0.05) is 0 Å². The van der Waals surface area contributed by atoms with Gasteiger partial charge in [-0.3, -0.25) is 10.5 Å². The summed E-state index contributed by atoms with van der Waals surface area (Å²) in [4.78, 5) is 10.6. The van der Waals surface area contributed by atoms with Crippen LogP contribution in [0.2, 0.25) is 0 Å². The van der Waals surface area contributed by atoms with Gasteiger partial charge in [0, 0.05) is 32.9 Å². The third-order valence-corrected chi connectivity index (χ3v) is 1.80. The van der Waals surface area contributed by atoms with Gasteiger partial charge >= 0.3 is 5.97 Å². The Morgan fingerprint density at radius 3 is 2.55 bits per heavy atom. The Kier molecular flexibility index (Phi) is 2.46. The number of carbonyl (C=O) groups is 1. The summed E-state index contributed by atoms with van der Waals surface area (Å²) < 4.78 is 4.98. The average molecular weight is 158 g/mol. The van der Waals surface area contributed by atoms with Gasteiger partial charge in [0.25, 0.3) is 0 Å². The summed E-state index contributed by atoms with van der Waals surface area (Å²) in [6, 6.07) is 0. The van der Waals surface area contributed by atoms with Crippen LogP contribution in [0.4, 0.5) is 0 Å². The van der Waals surface area contributed by atoms with Crippen molar-refractivity contribution in [2.75, 3.05) is 13.1 Å². The molecule has 0 aromatic carbocycles. The molecule has 1 rings (SSSR count). The highest BCUT2D eigenvalue weighted by Gasteiger charge is 2.29. The van der Waals surface area contributed by atoms with Crippen LogP contribution >= 0.6 is 0 Å². The van der Waals surface area contributed by atoms with Gasteiger partial charge in [-0.2, -0.15) is 0 Å². The first-order valence-corrected chi connectivity index (χ1v) is 3.82. The first-order valence-electron chi connectivity index (χ1n) is 3.82. The number of nitrogens with one attached hydrogen (secondary N) is 1. The van der Waals surface area contributed by atoms with E-state index in [2.05, 4.69) is 5.32 Å². The van der Waals surface area contributed by atoms with E-state index in [1.807, 2.05) is 0 Å². The molecule has 0 saturated carbocycles. The van der Waals surface area contributed by atoms with Gasteiger partial charge in [0.05, 0.1) is 0 Å². The SMILES string of the molecule is CC(=O)OC1(N)CCNCC1. The average Bonchev–Trinajstić information content (AvgIpc) is 1.85. The monoisotopic (exact) mass is 158 g/mol. The number of piperidine rings is 1. The molecule has 3 N–H and O–H groups in total. The highest BCUT2D eigenvalue weighted by atomic mass is 16.6. The molecule has 1 heterocycles. The topological polar surface area (TPSA) is 64.3 Å². The molecule has 0 atom stereocenters. The van der Waals surface area contributed by atoms with Crippen LogP contribution in [0, 0.1) is 0 Å². The van der Waals surface area contributed by atoms with Gasteiger partial charge in [-0.15, -0.1) is 0 Å². The maximum Gasteiger partial charge on any atom is 0.304 e. The zero-order valence-electron chi connectivity index (χ0n) is 6.72. The van der Waals surface area contributed by atoms with Crippen LogP contribution in [0.1, 0.15) is 19.8 Å². The van der Waals surface area contributed by atoms with Crippen molar-refractivity contribution >= 4 is 5.97 Å². The van der Waals surface area contributed by atoms with Crippen LogP contribution in [0.15, 0.2) is 0 Å². The van der Waals surface area contributed by atoms with Gasteiger partial charge < -0.3 is 10.1 Å². The van der Waals surface area contributed by atoms with Crippen molar-refractivity contribution in [3.05, 3.63) is 0 Å². The third kappa shape index (κ3) is 2.48. The van der Waals surface area contributed by atoms with Crippen molar-refractivity contribution < 1.29 is 9.53 Å². The predicted octanol–water partition coefficient (Wildman–Crippen LogP) is -0.412. The van der Waals surface area contributed by atoms with Crippen LogP contribution in [0.5, 0.6) is 0 Å². The highest BCUT2D eigenvalue weighted by molar-refractivity contribution is 5.66. The lowest BCUT2D eigenvalue weighted by atomic mass is 10.0. The predicted molar refractivity (Wildman–Crippen MR) is 40.8 cm³/mol. The fourth-order valence-corrected chi connectivity index (χ4v) is 1.24. The molecule has 11 heavy (non-hydrogen) atoms. The first kappa shape index (κ1) is 8.49. The van der Waals surface area contributed by atoms with E-state index in [1.165, 1.54) is 6.92 Å². The Balaban J connectivity index is 2.43. The fraction of sp³-hybridized carbons (Fsp3) is 0.857. The molecular weight excluding hydrogens is 144 g/mol. The first-order chi connectivity index (χ1) is 5.12. The van der Waals surface area contributed by atoms with E-state index in [1.54, 1.807) is 0 Å². The molecule has 0 spiro atoms. The molecule has 1 aliphatic heterocycles. The van der Waals surface area contributed by atoms with Crippen LogP contribution in [-0.4, -0.2) is 24.8 Å². The van der Waals surface area contributed by atoms with Crippen LogP contribution in [-0.2, 0) is 9.53 Å². The molecule has 64 valence electrons. The molecule has 0 bridgehead atoms. The molecule has 0 aromatic heterocycles. The summed E-state index contributed by atoms with van der Waals surface area (Å²) in [5.74, 6) is -0.297. The highest BCUT2D eigenvalue weighted by Crippen LogP contribution is 2.16. The molecule has 4 nitrogen and oxygen atoms in total. The number of ether oxygens (including phenoxy) is 1. The minimum absolute atomic E-state index is 0.297. The summed E-state index contributed by atoms with van der Waals surface area (Å²) >= 11 is 0. The van der Waals surface area contributed by atoms with Crippen LogP contribution < -0.4 is 11.1 Å². The van der Waals surface area contributed by atoms with E-state index >= 15 is 0 Å². The van der Waals surface area contributed by atoms with E-state index in [9.17, 15) is 4.79 Å². The molecule has 4 heteroatoms. The van der Waals surface area contributed by atoms with Gasteiger partial charge in [0.1, 0.15) is 0 Å². The maximum absolute atomic E-state index is 10.6. The minimum Gasteiger partial charge on any atom is -0.444 e. The van der Waals surface area contributed by atoms with E-state index in [-0.39, 0.29) is 5.97 Å². The van der Waals surface area contributed by atoms with Crippen molar-refractivity contribution in [3.63, 3.8) is 0 Å². The summed E-state index contributed by atoms with van der Waals surface area (Å²) in [5.41, 5.74) is 5.07. The van der Waals surface area contributed by atoms with E-state index < -0.39 is 5.72 Å². The molecule has 0 unspecified atom stereocenters. The largest absolute Gasteiger partial charge is 0.444 e.